The van der Waals surface area contributed by atoms with Gasteiger partial charge in [-0.2, -0.15) is 22.0 Å². The van der Waals surface area contributed by atoms with E-state index in [4.69, 9.17) is 4.74 Å². The van der Waals surface area contributed by atoms with Crippen LogP contribution in [-0.4, -0.2) is 42.2 Å². The van der Waals surface area contributed by atoms with E-state index in [2.05, 4.69) is 4.74 Å². The molecule has 1 aliphatic rings. The lowest BCUT2D eigenvalue weighted by Crippen LogP contribution is -2.58. The van der Waals surface area contributed by atoms with Crippen LogP contribution in [0, 0.1) is 5.92 Å². The second-order valence-corrected chi connectivity index (χ2v) is 9.60. The Morgan fingerprint density at radius 1 is 0.974 bits per heavy atom. The van der Waals surface area contributed by atoms with Gasteiger partial charge in [0, 0.05) is 23.9 Å². The summed E-state index contributed by atoms with van der Waals surface area (Å²) in [4.78, 5) is 0.648. The summed E-state index contributed by atoms with van der Waals surface area (Å²) in [6.07, 6.45) is -17.5. The number of benzene rings is 2. The van der Waals surface area contributed by atoms with E-state index in [-0.39, 0.29) is 42.9 Å². The zero-order chi connectivity index (χ0) is 29.0. The molecule has 0 spiro atoms. The SMILES string of the molecule is CC(O)(N(CC1CCCC(OC(F)(F)C(F)F)C1)c1cccc(OCc2cccc(C(F)F)c2)c1)C(F)(F)F. The highest BCUT2D eigenvalue weighted by Gasteiger charge is 2.55. The molecule has 0 radical (unpaired) electrons. The Kier molecular flexibility index (Phi) is 9.69. The van der Waals surface area contributed by atoms with E-state index in [0.717, 1.165) is 0 Å². The van der Waals surface area contributed by atoms with E-state index >= 15 is 0 Å². The van der Waals surface area contributed by atoms with Crippen LogP contribution in [0.25, 0.3) is 0 Å². The molecule has 0 amide bonds. The van der Waals surface area contributed by atoms with Crippen LogP contribution in [0.3, 0.4) is 0 Å². The van der Waals surface area contributed by atoms with Gasteiger partial charge >= 0.3 is 18.7 Å². The molecular formula is C26H28F9NO3. The molecule has 3 unspecified atom stereocenters. The van der Waals surface area contributed by atoms with Gasteiger partial charge in [0.1, 0.15) is 12.4 Å². The second-order valence-electron chi connectivity index (χ2n) is 9.60. The molecule has 0 aliphatic heterocycles. The van der Waals surface area contributed by atoms with Crippen molar-refractivity contribution in [1.29, 1.82) is 0 Å². The third-order valence-electron chi connectivity index (χ3n) is 6.55. The standard InChI is InChI=1S/C26H28F9NO3/c1-24(37,26(33,34)35)36(14-16-5-3-10-21(12-16)39-25(31,32)23(29)30)19-8-4-9-20(13-19)38-15-17-6-2-7-18(11-17)22(27)28/h2,4,6-9,11,13,16,21-23,37H,3,5,10,12,14-15H2,1H3. The third-order valence-corrected chi connectivity index (χ3v) is 6.55. The monoisotopic (exact) mass is 573 g/mol. The van der Waals surface area contributed by atoms with Gasteiger partial charge in [0.2, 0.25) is 5.72 Å². The highest BCUT2D eigenvalue weighted by molar-refractivity contribution is 5.53. The van der Waals surface area contributed by atoms with E-state index < -0.39 is 49.4 Å². The van der Waals surface area contributed by atoms with Gasteiger partial charge in [-0.1, -0.05) is 30.7 Å². The summed E-state index contributed by atoms with van der Waals surface area (Å²) in [5, 5.41) is 10.5. The summed E-state index contributed by atoms with van der Waals surface area (Å²) in [6.45, 7) is -0.0791. The van der Waals surface area contributed by atoms with Crippen LogP contribution in [0.15, 0.2) is 48.5 Å². The van der Waals surface area contributed by atoms with Crippen molar-refractivity contribution < 1.29 is 54.1 Å². The summed E-state index contributed by atoms with van der Waals surface area (Å²) in [5.41, 5.74) is -3.33. The number of hydrogen-bond donors (Lipinski definition) is 1. The van der Waals surface area contributed by atoms with Gasteiger partial charge in [-0.25, -0.2) is 17.6 Å². The smallest absolute Gasteiger partial charge is 0.436 e. The molecule has 2 aromatic carbocycles. The number of halogens is 9. The molecule has 3 atom stereocenters. The van der Waals surface area contributed by atoms with Gasteiger partial charge < -0.3 is 19.5 Å². The van der Waals surface area contributed by atoms with Gasteiger partial charge in [0.15, 0.2) is 0 Å². The van der Waals surface area contributed by atoms with Crippen molar-refractivity contribution in [1.82, 2.24) is 0 Å². The van der Waals surface area contributed by atoms with Crippen LogP contribution in [0.2, 0.25) is 0 Å². The van der Waals surface area contributed by atoms with E-state index in [1.165, 1.54) is 48.5 Å². The average Bonchev–Trinajstić information content (AvgIpc) is 2.85. The molecule has 1 saturated carbocycles. The minimum Gasteiger partial charge on any atom is -0.489 e. The zero-order valence-electron chi connectivity index (χ0n) is 20.8. The Hall–Kier alpha value is -2.67. The summed E-state index contributed by atoms with van der Waals surface area (Å²) >= 11 is 0. The molecule has 0 aromatic heterocycles. The molecule has 39 heavy (non-hydrogen) atoms. The van der Waals surface area contributed by atoms with Crippen molar-refractivity contribution in [3.63, 3.8) is 0 Å². The zero-order valence-corrected chi connectivity index (χ0v) is 20.8. The lowest BCUT2D eigenvalue weighted by atomic mass is 9.86. The molecule has 0 saturated heterocycles. The van der Waals surface area contributed by atoms with E-state index in [1.807, 2.05) is 0 Å². The molecular weight excluding hydrogens is 545 g/mol. The van der Waals surface area contributed by atoms with E-state index in [9.17, 15) is 44.6 Å². The Morgan fingerprint density at radius 2 is 1.67 bits per heavy atom. The molecule has 1 aliphatic carbocycles. The molecule has 3 rings (SSSR count). The number of nitrogens with zero attached hydrogens (tertiary/aromatic N) is 1. The fourth-order valence-electron chi connectivity index (χ4n) is 4.46. The van der Waals surface area contributed by atoms with Crippen molar-refractivity contribution in [2.45, 2.75) is 76.2 Å². The first-order valence-corrected chi connectivity index (χ1v) is 12.1. The molecule has 0 heterocycles. The normalized spacial score (nSPS) is 20.2. The number of ether oxygens (including phenoxy) is 2. The fourth-order valence-corrected chi connectivity index (χ4v) is 4.46. The Bertz CT molecular complexity index is 1080. The predicted molar refractivity (Wildman–Crippen MR) is 124 cm³/mol. The van der Waals surface area contributed by atoms with E-state index in [1.54, 1.807) is 0 Å². The maximum Gasteiger partial charge on any atom is 0.436 e. The topological polar surface area (TPSA) is 41.9 Å². The molecule has 218 valence electrons. The van der Waals surface area contributed by atoms with Crippen molar-refractivity contribution >= 4 is 5.69 Å². The number of alkyl halides is 9. The van der Waals surface area contributed by atoms with Crippen molar-refractivity contribution in [2.75, 3.05) is 11.4 Å². The predicted octanol–water partition coefficient (Wildman–Crippen LogP) is 7.71. The number of hydrogen-bond acceptors (Lipinski definition) is 4. The molecule has 13 heteroatoms. The van der Waals surface area contributed by atoms with Crippen molar-refractivity contribution in [3.05, 3.63) is 59.7 Å². The van der Waals surface area contributed by atoms with Gasteiger partial charge in [-0.15, -0.1) is 0 Å². The first-order chi connectivity index (χ1) is 18.1. The van der Waals surface area contributed by atoms with E-state index in [0.29, 0.717) is 23.8 Å². The first kappa shape index (κ1) is 30.9. The lowest BCUT2D eigenvalue weighted by molar-refractivity contribution is -0.322. The summed E-state index contributed by atoms with van der Waals surface area (Å²) in [7, 11) is 0. The van der Waals surface area contributed by atoms with Crippen LogP contribution in [-0.2, 0) is 11.3 Å². The quantitative estimate of drug-likeness (QED) is 0.221. The molecule has 0 bridgehead atoms. The minimum absolute atomic E-state index is 0.0323. The molecule has 1 fully saturated rings. The maximum absolute atomic E-state index is 13.9. The Morgan fingerprint density at radius 3 is 2.31 bits per heavy atom. The van der Waals surface area contributed by atoms with Crippen molar-refractivity contribution in [2.24, 2.45) is 5.92 Å². The minimum atomic E-state index is -5.13. The van der Waals surface area contributed by atoms with Crippen LogP contribution in [0.4, 0.5) is 45.2 Å². The molecule has 4 nitrogen and oxygen atoms in total. The van der Waals surface area contributed by atoms with Gasteiger partial charge in [-0.05, 0) is 55.9 Å². The summed E-state index contributed by atoms with van der Waals surface area (Å²) < 4.78 is 129. The van der Waals surface area contributed by atoms with Crippen molar-refractivity contribution in [3.8, 4) is 5.75 Å². The Balaban J connectivity index is 1.81. The van der Waals surface area contributed by atoms with Crippen LogP contribution >= 0.6 is 0 Å². The highest BCUT2D eigenvalue weighted by Crippen LogP contribution is 2.40. The average molecular weight is 573 g/mol. The van der Waals surface area contributed by atoms with Crippen LogP contribution in [0.5, 0.6) is 5.75 Å². The van der Waals surface area contributed by atoms with Gasteiger partial charge in [0.25, 0.3) is 6.43 Å². The molecule has 1 N–H and O–H groups in total. The number of rotatable bonds is 11. The highest BCUT2D eigenvalue weighted by atomic mass is 19.4. The fraction of sp³-hybridized carbons (Fsp3) is 0.538. The number of aliphatic hydroxyl groups is 1. The Labute approximate surface area is 219 Å². The number of anilines is 1. The summed E-state index contributed by atoms with van der Waals surface area (Å²) in [5.74, 6) is -0.618. The van der Waals surface area contributed by atoms with Crippen LogP contribution < -0.4 is 9.64 Å². The maximum atomic E-state index is 13.9. The third kappa shape index (κ3) is 7.93. The largest absolute Gasteiger partial charge is 0.489 e. The van der Waals surface area contributed by atoms with Gasteiger partial charge in [0.05, 0.1) is 6.10 Å². The lowest BCUT2D eigenvalue weighted by Gasteiger charge is -2.43. The molecule has 2 aromatic rings. The van der Waals surface area contributed by atoms with Crippen LogP contribution in [0.1, 0.15) is 50.2 Å². The van der Waals surface area contributed by atoms with Gasteiger partial charge in [-0.3, -0.25) is 0 Å². The summed E-state index contributed by atoms with van der Waals surface area (Å²) in [6, 6.07) is 10.7. The first-order valence-electron chi connectivity index (χ1n) is 12.1. The second kappa shape index (κ2) is 12.2.